The maximum absolute atomic E-state index is 14.9. The molecule has 1 saturated carbocycles. The van der Waals surface area contributed by atoms with E-state index >= 15 is 0 Å². The highest BCUT2D eigenvalue weighted by Gasteiger charge is 2.46. The predicted octanol–water partition coefficient (Wildman–Crippen LogP) is 7.81. The molecule has 0 bridgehead atoms. The molecule has 5 nitrogen and oxygen atoms in total. The second-order valence-corrected chi connectivity index (χ2v) is 11.8. The fourth-order valence-corrected chi connectivity index (χ4v) is 6.87. The summed E-state index contributed by atoms with van der Waals surface area (Å²) in [5, 5.41) is 7.40. The van der Waals surface area contributed by atoms with Crippen LogP contribution >= 0.6 is 11.8 Å². The van der Waals surface area contributed by atoms with Gasteiger partial charge in [-0.15, -0.1) is 11.8 Å². The smallest absolute Gasteiger partial charge is 0.250 e. The summed E-state index contributed by atoms with van der Waals surface area (Å²) < 4.78 is 41.1. The van der Waals surface area contributed by atoms with Gasteiger partial charge in [-0.25, -0.2) is 23.1 Å². The van der Waals surface area contributed by atoms with Crippen LogP contribution in [0.1, 0.15) is 56.4 Å². The van der Waals surface area contributed by atoms with Crippen molar-refractivity contribution in [3.8, 4) is 11.8 Å². The van der Waals surface area contributed by atoms with E-state index in [0.717, 1.165) is 40.4 Å². The summed E-state index contributed by atoms with van der Waals surface area (Å²) in [5.41, 5.74) is 2.83. The lowest BCUT2D eigenvalue weighted by atomic mass is 9.77. The number of fused-ring (bicyclic) bond motifs is 2. The molecule has 0 radical (unpaired) electrons. The van der Waals surface area contributed by atoms with Gasteiger partial charge in [0.1, 0.15) is 17.3 Å². The number of carbonyl (C=O) groups is 1. The number of carbonyl (C=O) groups excluding carboxylic acids is 1. The van der Waals surface area contributed by atoms with Crippen LogP contribution in [-0.4, -0.2) is 27.0 Å². The van der Waals surface area contributed by atoms with Crippen LogP contribution in [0.5, 0.6) is 0 Å². The molecular formula is C32H27F3N4OS. The van der Waals surface area contributed by atoms with E-state index in [9.17, 15) is 18.0 Å². The van der Waals surface area contributed by atoms with Gasteiger partial charge in [-0.05, 0) is 66.8 Å². The van der Waals surface area contributed by atoms with Crippen LogP contribution in [0.2, 0.25) is 0 Å². The number of hydrogen-bond donors (Lipinski definition) is 2. The number of nitrogens with one attached hydrogen (secondary N) is 2. The van der Waals surface area contributed by atoms with Gasteiger partial charge in [0.2, 0.25) is 11.8 Å². The fraction of sp³-hybridized carbons (Fsp3) is 0.281. The van der Waals surface area contributed by atoms with Gasteiger partial charge >= 0.3 is 0 Å². The Labute approximate surface area is 240 Å². The van der Waals surface area contributed by atoms with Gasteiger partial charge in [0.15, 0.2) is 0 Å². The lowest BCUT2D eigenvalue weighted by Gasteiger charge is -2.34. The van der Waals surface area contributed by atoms with E-state index in [-0.39, 0.29) is 29.7 Å². The number of pyridine rings is 2. The molecule has 9 heteroatoms. The lowest BCUT2D eigenvalue weighted by molar-refractivity contribution is -0.121. The maximum Gasteiger partial charge on any atom is 0.250 e. The first-order valence-electron chi connectivity index (χ1n) is 13.5. The number of alkyl halides is 2. The van der Waals surface area contributed by atoms with Crippen LogP contribution in [0.4, 0.5) is 30.4 Å². The van der Waals surface area contributed by atoms with Crippen LogP contribution in [0.25, 0.3) is 10.8 Å². The molecule has 6 rings (SSSR count). The molecule has 3 heterocycles. The number of aromatic nitrogens is 2. The minimum absolute atomic E-state index is 0.0266. The first-order chi connectivity index (χ1) is 19.7. The summed E-state index contributed by atoms with van der Waals surface area (Å²) in [6, 6.07) is 14.1. The van der Waals surface area contributed by atoms with E-state index in [0.29, 0.717) is 16.4 Å². The summed E-state index contributed by atoms with van der Waals surface area (Å²) in [6.07, 6.45) is 4.43. The Morgan fingerprint density at radius 1 is 1.05 bits per heavy atom. The highest BCUT2D eigenvalue weighted by molar-refractivity contribution is 8.00. The Bertz CT molecular complexity index is 1730. The number of thioether (sulfide) groups is 1. The average molecular weight is 573 g/mol. The molecular weight excluding hydrogens is 545 g/mol. The number of amides is 1. The Kier molecular flexibility index (Phi) is 6.90. The van der Waals surface area contributed by atoms with Gasteiger partial charge in [-0.3, -0.25) is 4.79 Å². The van der Waals surface area contributed by atoms with E-state index in [4.69, 9.17) is 0 Å². The molecule has 2 aliphatic rings. The van der Waals surface area contributed by atoms with Crippen molar-refractivity contribution < 1.29 is 18.0 Å². The largest absolute Gasteiger partial charge is 0.338 e. The van der Waals surface area contributed by atoms with Crippen LogP contribution in [0.3, 0.4) is 0 Å². The number of nitrogens with zero attached hydrogens (tertiary/aromatic N) is 2. The van der Waals surface area contributed by atoms with Crippen molar-refractivity contribution >= 4 is 45.6 Å². The topological polar surface area (TPSA) is 66.9 Å². The number of benzene rings is 2. The Morgan fingerprint density at radius 2 is 1.85 bits per heavy atom. The van der Waals surface area contributed by atoms with E-state index in [1.165, 1.54) is 17.8 Å². The maximum atomic E-state index is 14.9. The first kappa shape index (κ1) is 27.2. The molecule has 2 aromatic carbocycles. The number of anilines is 3. The van der Waals surface area contributed by atoms with Crippen LogP contribution in [0, 0.1) is 17.7 Å². The van der Waals surface area contributed by atoms with Crippen molar-refractivity contribution in [3.05, 3.63) is 83.6 Å². The van der Waals surface area contributed by atoms with Crippen molar-refractivity contribution in [2.75, 3.05) is 10.6 Å². The fourth-order valence-electron chi connectivity index (χ4n) is 5.51. The number of hydrogen-bond acceptors (Lipinski definition) is 5. The van der Waals surface area contributed by atoms with Crippen LogP contribution in [0.15, 0.2) is 65.8 Å². The first-order valence-corrected chi connectivity index (χ1v) is 14.4. The number of rotatable bonds is 6. The summed E-state index contributed by atoms with van der Waals surface area (Å²) in [6.45, 7) is 4.06. The van der Waals surface area contributed by atoms with Crippen LogP contribution < -0.4 is 10.6 Å². The molecule has 4 aromatic rings. The van der Waals surface area contributed by atoms with E-state index in [1.807, 2.05) is 38.1 Å². The second kappa shape index (κ2) is 10.4. The predicted molar refractivity (Wildman–Crippen MR) is 156 cm³/mol. The van der Waals surface area contributed by atoms with Gasteiger partial charge in [0, 0.05) is 57.4 Å². The molecule has 0 atom stereocenters. The van der Waals surface area contributed by atoms with Crippen LogP contribution in [-0.2, 0) is 10.2 Å². The Hall–Kier alpha value is -4.03. The van der Waals surface area contributed by atoms with Gasteiger partial charge in [0.25, 0.3) is 0 Å². The zero-order valence-corrected chi connectivity index (χ0v) is 23.3. The minimum Gasteiger partial charge on any atom is -0.338 e. The highest BCUT2D eigenvalue weighted by Crippen LogP contribution is 2.47. The zero-order valence-electron chi connectivity index (χ0n) is 22.5. The quantitative estimate of drug-likeness (QED) is 0.231. The van der Waals surface area contributed by atoms with Crippen molar-refractivity contribution in [2.24, 2.45) is 0 Å². The molecule has 1 aliphatic heterocycles. The Balaban J connectivity index is 1.23. The molecule has 1 fully saturated rings. The summed E-state index contributed by atoms with van der Waals surface area (Å²) in [4.78, 5) is 22.2. The van der Waals surface area contributed by atoms with Gasteiger partial charge < -0.3 is 10.6 Å². The van der Waals surface area contributed by atoms with E-state index in [2.05, 4.69) is 32.4 Å². The van der Waals surface area contributed by atoms with Gasteiger partial charge in [-0.2, -0.15) is 0 Å². The normalized spacial score (nSPS) is 16.9. The number of halogens is 3. The second-order valence-electron chi connectivity index (χ2n) is 10.5. The third-order valence-corrected chi connectivity index (χ3v) is 9.15. The molecule has 0 saturated heterocycles. The average Bonchev–Trinajstić information content (AvgIpc) is 3.22. The lowest BCUT2D eigenvalue weighted by Crippen LogP contribution is -2.37. The molecule has 1 amide bonds. The molecule has 41 heavy (non-hydrogen) atoms. The summed E-state index contributed by atoms with van der Waals surface area (Å²) >= 11 is 1.27. The van der Waals surface area contributed by atoms with Crippen molar-refractivity contribution in [3.63, 3.8) is 0 Å². The summed E-state index contributed by atoms with van der Waals surface area (Å²) in [5.74, 6) is 3.65. The molecule has 0 unspecified atom stereocenters. The standard InChI is InChI=1S/C32H27F3N4OS/c1-3-31(4-2)24-8-5-19(13-28(24)39-30(31)40)6-9-26-23-15-29(37-18-20(23)11-12-36-26)38-27-10-7-21(14-25(27)33)41-22-16-32(34,35)17-22/h5,7-8,10-15,18,22H,3-4,16-17H2,1-2H3,(H,37,38)(H,39,40). The third-order valence-electron chi connectivity index (χ3n) is 7.96. The van der Waals surface area contributed by atoms with E-state index in [1.54, 1.807) is 30.6 Å². The van der Waals surface area contributed by atoms with Crippen molar-refractivity contribution in [1.82, 2.24) is 9.97 Å². The SMILES string of the molecule is CCC1(CC)C(=O)Nc2cc(C#Cc3nccc4cnc(Nc5ccc(SC6CC(F)(F)C6)cc5F)cc34)ccc21. The zero-order chi connectivity index (χ0) is 28.8. The molecule has 0 spiro atoms. The van der Waals surface area contributed by atoms with Crippen molar-refractivity contribution in [2.45, 2.75) is 61.0 Å². The van der Waals surface area contributed by atoms with E-state index < -0.39 is 17.2 Å². The minimum atomic E-state index is -2.60. The molecule has 2 aromatic heterocycles. The van der Waals surface area contributed by atoms with Gasteiger partial charge in [0.05, 0.1) is 11.1 Å². The van der Waals surface area contributed by atoms with Gasteiger partial charge in [-0.1, -0.05) is 25.8 Å². The monoisotopic (exact) mass is 572 g/mol. The Morgan fingerprint density at radius 3 is 2.59 bits per heavy atom. The highest BCUT2D eigenvalue weighted by atomic mass is 32.2. The molecule has 2 N–H and O–H groups in total. The summed E-state index contributed by atoms with van der Waals surface area (Å²) in [7, 11) is 0. The molecule has 1 aliphatic carbocycles. The third kappa shape index (κ3) is 5.13. The molecule has 208 valence electrons. The van der Waals surface area contributed by atoms with Crippen molar-refractivity contribution in [1.29, 1.82) is 0 Å².